The van der Waals surface area contributed by atoms with Gasteiger partial charge in [0.1, 0.15) is 5.75 Å². The first kappa shape index (κ1) is 19.8. The maximum atomic E-state index is 11.7. The average molecular weight is 314 g/mol. The van der Waals surface area contributed by atoms with E-state index in [1.54, 1.807) is 7.11 Å². The Bertz CT molecular complexity index is 379. The van der Waals surface area contributed by atoms with Crippen LogP contribution in [0.5, 0.6) is 5.75 Å². The molecule has 1 aromatic carbocycles. The maximum Gasteiger partial charge on any atom is 0.220 e. The molecule has 120 valence electrons. The van der Waals surface area contributed by atoms with Crippen LogP contribution in [0.1, 0.15) is 51.0 Å². The molecule has 0 heterocycles. The third kappa shape index (κ3) is 9.35. The number of aryl methyl sites for hydroxylation is 1. The number of unbranched alkanes of at least 4 members (excludes halogenated alkanes) is 4. The van der Waals surface area contributed by atoms with Gasteiger partial charge in [-0.05, 0) is 30.5 Å². The Morgan fingerprint density at radius 2 is 1.76 bits per heavy atom. The molecule has 0 aliphatic rings. The normalized spacial score (nSPS) is 9.81. The van der Waals surface area contributed by atoms with E-state index in [4.69, 9.17) is 4.74 Å². The van der Waals surface area contributed by atoms with Crippen LogP contribution in [-0.2, 0) is 11.2 Å². The Hall–Kier alpha value is -1.22. The molecular formula is C17H28ClNO2. The lowest BCUT2D eigenvalue weighted by Crippen LogP contribution is -2.24. The molecule has 1 aromatic rings. The van der Waals surface area contributed by atoms with Crippen LogP contribution in [0.25, 0.3) is 0 Å². The molecule has 0 fully saturated rings. The third-order valence-corrected chi connectivity index (χ3v) is 3.40. The standard InChI is InChI=1S/C17H27NO2.ClH/c1-3-4-5-6-7-14-18-17(19)13-10-15-8-11-16(20-2)12-9-15;/h8-9,11-12H,3-7,10,13-14H2,1-2H3,(H,18,19);1H. The molecule has 1 amide bonds. The molecule has 0 unspecified atom stereocenters. The molecule has 0 aromatic heterocycles. The highest BCUT2D eigenvalue weighted by Crippen LogP contribution is 2.12. The minimum absolute atomic E-state index is 0. The van der Waals surface area contributed by atoms with Crippen molar-refractivity contribution in [2.45, 2.75) is 51.9 Å². The Morgan fingerprint density at radius 1 is 1.10 bits per heavy atom. The van der Waals surface area contributed by atoms with Crippen molar-refractivity contribution >= 4 is 18.3 Å². The summed E-state index contributed by atoms with van der Waals surface area (Å²) in [5.41, 5.74) is 1.17. The van der Waals surface area contributed by atoms with Gasteiger partial charge in [-0.1, -0.05) is 44.7 Å². The van der Waals surface area contributed by atoms with Crippen LogP contribution in [0, 0.1) is 0 Å². The molecule has 0 radical (unpaired) electrons. The zero-order chi connectivity index (χ0) is 14.6. The molecule has 0 aliphatic heterocycles. The summed E-state index contributed by atoms with van der Waals surface area (Å²) in [5, 5.41) is 2.99. The summed E-state index contributed by atoms with van der Waals surface area (Å²) in [6, 6.07) is 7.88. The van der Waals surface area contributed by atoms with Crippen LogP contribution < -0.4 is 10.1 Å². The summed E-state index contributed by atoms with van der Waals surface area (Å²) in [7, 11) is 1.66. The lowest BCUT2D eigenvalue weighted by molar-refractivity contribution is -0.121. The largest absolute Gasteiger partial charge is 0.497 e. The fourth-order valence-electron chi connectivity index (χ4n) is 2.09. The second kappa shape index (κ2) is 12.5. The second-order valence-electron chi connectivity index (χ2n) is 5.11. The SMILES string of the molecule is CCCCCCCNC(=O)CCc1ccc(OC)cc1.Cl. The quantitative estimate of drug-likeness (QED) is 0.659. The second-order valence-corrected chi connectivity index (χ2v) is 5.11. The van der Waals surface area contributed by atoms with E-state index < -0.39 is 0 Å². The van der Waals surface area contributed by atoms with Crippen molar-refractivity contribution < 1.29 is 9.53 Å². The number of methoxy groups -OCH3 is 1. The van der Waals surface area contributed by atoms with Crippen molar-refractivity contribution in [2.75, 3.05) is 13.7 Å². The fraction of sp³-hybridized carbons (Fsp3) is 0.588. The number of ether oxygens (including phenoxy) is 1. The molecule has 0 atom stereocenters. The third-order valence-electron chi connectivity index (χ3n) is 3.40. The summed E-state index contributed by atoms with van der Waals surface area (Å²) in [6.45, 7) is 3.02. The Kier molecular flexibility index (Phi) is 11.8. The summed E-state index contributed by atoms with van der Waals surface area (Å²) >= 11 is 0. The Balaban J connectivity index is 0.00000400. The number of nitrogens with one attached hydrogen (secondary N) is 1. The number of hydrogen-bond donors (Lipinski definition) is 1. The van der Waals surface area contributed by atoms with Gasteiger partial charge in [-0.25, -0.2) is 0 Å². The molecule has 3 nitrogen and oxygen atoms in total. The van der Waals surface area contributed by atoms with E-state index in [2.05, 4.69) is 12.2 Å². The first-order chi connectivity index (χ1) is 9.76. The van der Waals surface area contributed by atoms with Crippen molar-refractivity contribution in [2.24, 2.45) is 0 Å². The molecule has 1 N–H and O–H groups in total. The molecular weight excluding hydrogens is 286 g/mol. The van der Waals surface area contributed by atoms with Crippen LogP contribution in [0.2, 0.25) is 0 Å². The summed E-state index contributed by atoms with van der Waals surface area (Å²) < 4.78 is 5.11. The number of hydrogen-bond acceptors (Lipinski definition) is 2. The Morgan fingerprint density at radius 3 is 2.38 bits per heavy atom. The zero-order valence-corrected chi connectivity index (χ0v) is 14.0. The maximum absolute atomic E-state index is 11.7. The van der Waals surface area contributed by atoms with Gasteiger partial charge < -0.3 is 10.1 Å². The minimum Gasteiger partial charge on any atom is -0.497 e. The van der Waals surface area contributed by atoms with E-state index in [0.717, 1.165) is 25.1 Å². The molecule has 0 bridgehead atoms. The molecule has 0 spiro atoms. The lowest BCUT2D eigenvalue weighted by Gasteiger charge is -2.06. The van der Waals surface area contributed by atoms with Crippen LogP contribution in [0.4, 0.5) is 0 Å². The van der Waals surface area contributed by atoms with Gasteiger partial charge in [0.05, 0.1) is 7.11 Å². The van der Waals surface area contributed by atoms with Crippen LogP contribution in [-0.4, -0.2) is 19.6 Å². The fourth-order valence-corrected chi connectivity index (χ4v) is 2.09. The number of benzene rings is 1. The van der Waals surface area contributed by atoms with E-state index in [1.165, 1.54) is 31.2 Å². The van der Waals surface area contributed by atoms with Crippen molar-refractivity contribution in [3.63, 3.8) is 0 Å². The van der Waals surface area contributed by atoms with Crippen molar-refractivity contribution in [3.05, 3.63) is 29.8 Å². The Labute approximate surface area is 134 Å². The van der Waals surface area contributed by atoms with E-state index in [9.17, 15) is 4.79 Å². The van der Waals surface area contributed by atoms with Crippen LogP contribution in [0.3, 0.4) is 0 Å². The molecule has 0 saturated heterocycles. The van der Waals surface area contributed by atoms with Gasteiger partial charge in [0.15, 0.2) is 0 Å². The highest BCUT2D eigenvalue weighted by Gasteiger charge is 2.02. The van der Waals surface area contributed by atoms with E-state index in [0.29, 0.717) is 6.42 Å². The summed E-state index contributed by atoms with van der Waals surface area (Å²) in [4.78, 5) is 11.7. The predicted molar refractivity (Wildman–Crippen MR) is 90.3 cm³/mol. The van der Waals surface area contributed by atoms with Crippen LogP contribution in [0.15, 0.2) is 24.3 Å². The number of rotatable bonds is 10. The van der Waals surface area contributed by atoms with Gasteiger partial charge in [-0.2, -0.15) is 0 Å². The topological polar surface area (TPSA) is 38.3 Å². The molecule has 0 saturated carbocycles. The number of carbonyl (C=O) groups is 1. The smallest absolute Gasteiger partial charge is 0.220 e. The first-order valence-electron chi connectivity index (χ1n) is 7.66. The van der Waals surface area contributed by atoms with Crippen molar-refractivity contribution in [1.82, 2.24) is 5.32 Å². The first-order valence-corrected chi connectivity index (χ1v) is 7.66. The summed E-state index contributed by atoms with van der Waals surface area (Å²) in [5.74, 6) is 1.00. The highest BCUT2D eigenvalue weighted by molar-refractivity contribution is 5.85. The number of amides is 1. The van der Waals surface area contributed by atoms with Crippen molar-refractivity contribution in [3.8, 4) is 5.75 Å². The molecule has 4 heteroatoms. The van der Waals surface area contributed by atoms with Gasteiger partial charge in [-0.3, -0.25) is 4.79 Å². The number of halogens is 1. The highest BCUT2D eigenvalue weighted by atomic mass is 35.5. The summed E-state index contributed by atoms with van der Waals surface area (Å²) in [6.07, 6.45) is 7.48. The zero-order valence-electron chi connectivity index (χ0n) is 13.2. The van der Waals surface area contributed by atoms with Gasteiger partial charge in [0, 0.05) is 13.0 Å². The van der Waals surface area contributed by atoms with Crippen molar-refractivity contribution in [1.29, 1.82) is 0 Å². The van der Waals surface area contributed by atoms with Crippen LogP contribution >= 0.6 is 12.4 Å². The van der Waals surface area contributed by atoms with Gasteiger partial charge in [-0.15, -0.1) is 12.4 Å². The van der Waals surface area contributed by atoms with E-state index in [-0.39, 0.29) is 18.3 Å². The van der Waals surface area contributed by atoms with E-state index >= 15 is 0 Å². The van der Waals surface area contributed by atoms with Gasteiger partial charge in [0.25, 0.3) is 0 Å². The average Bonchev–Trinajstić information content (AvgIpc) is 2.49. The monoisotopic (exact) mass is 313 g/mol. The minimum atomic E-state index is 0. The molecule has 21 heavy (non-hydrogen) atoms. The predicted octanol–water partition coefficient (Wildman–Crippen LogP) is 4.14. The van der Waals surface area contributed by atoms with Gasteiger partial charge in [0.2, 0.25) is 5.91 Å². The molecule has 1 rings (SSSR count). The molecule has 0 aliphatic carbocycles. The van der Waals surface area contributed by atoms with Gasteiger partial charge >= 0.3 is 0 Å². The number of carbonyl (C=O) groups excluding carboxylic acids is 1. The lowest BCUT2D eigenvalue weighted by atomic mass is 10.1. The van der Waals surface area contributed by atoms with E-state index in [1.807, 2.05) is 24.3 Å².